The second-order valence-electron chi connectivity index (χ2n) is 5.23. The van der Waals surface area contributed by atoms with E-state index in [0.717, 1.165) is 19.3 Å². The van der Waals surface area contributed by atoms with Crippen LogP contribution in [0, 0.1) is 11.8 Å². The zero-order valence-electron chi connectivity index (χ0n) is 10.6. The lowest BCUT2D eigenvalue weighted by Crippen LogP contribution is -2.18. The van der Waals surface area contributed by atoms with Crippen LogP contribution in [-0.4, -0.2) is 12.1 Å². The third-order valence-corrected chi connectivity index (χ3v) is 3.69. The molecule has 0 bridgehead atoms. The van der Waals surface area contributed by atoms with Crippen LogP contribution in [0.15, 0.2) is 36.0 Å². The molecular weight excluding hydrogens is 212 g/mol. The lowest BCUT2D eigenvalue weighted by atomic mass is 9.86. The van der Waals surface area contributed by atoms with E-state index >= 15 is 0 Å². The fourth-order valence-electron chi connectivity index (χ4n) is 2.55. The molecule has 17 heavy (non-hydrogen) atoms. The van der Waals surface area contributed by atoms with Crippen LogP contribution in [0.4, 0.5) is 0 Å². The van der Waals surface area contributed by atoms with Crippen molar-refractivity contribution in [1.82, 2.24) is 0 Å². The minimum atomic E-state index is -0.201. The van der Waals surface area contributed by atoms with Crippen LogP contribution in [-0.2, 0) is 9.53 Å². The van der Waals surface area contributed by atoms with E-state index in [-0.39, 0.29) is 18.0 Å². The van der Waals surface area contributed by atoms with E-state index in [4.69, 9.17) is 4.74 Å². The van der Waals surface area contributed by atoms with Crippen molar-refractivity contribution in [2.45, 2.75) is 39.2 Å². The van der Waals surface area contributed by atoms with E-state index in [1.54, 1.807) is 0 Å². The molecule has 0 aromatic rings. The highest BCUT2D eigenvalue weighted by atomic mass is 16.6. The third kappa shape index (κ3) is 2.68. The van der Waals surface area contributed by atoms with Gasteiger partial charge in [-0.05, 0) is 25.7 Å². The first-order valence-electron chi connectivity index (χ1n) is 6.31. The molecule has 1 saturated heterocycles. The van der Waals surface area contributed by atoms with Crippen molar-refractivity contribution in [3.63, 3.8) is 0 Å². The van der Waals surface area contributed by atoms with Crippen LogP contribution < -0.4 is 0 Å². The van der Waals surface area contributed by atoms with Crippen LogP contribution in [0.1, 0.15) is 33.1 Å². The molecule has 0 saturated carbocycles. The number of fused-ring (bicyclic) bond motifs is 1. The summed E-state index contributed by atoms with van der Waals surface area (Å²) < 4.78 is 5.41. The summed E-state index contributed by atoms with van der Waals surface area (Å²) in [7, 11) is 0. The molecule has 0 aromatic carbocycles. The molecule has 0 radical (unpaired) electrons. The molecule has 0 aromatic heterocycles. The molecule has 1 aliphatic carbocycles. The lowest BCUT2D eigenvalue weighted by Gasteiger charge is -2.20. The Morgan fingerprint density at radius 2 is 2.18 bits per heavy atom. The van der Waals surface area contributed by atoms with Gasteiger partial charge in [-0.1, -0.05) is 37.3 Å². The molecule has 2 aliphatic rings. The smallest absolute Gasteiger partial charge is 0.334 e. The Kier molecular flexibility index (Phi) is 3.51. The van der Waals surface area contributed by atoms with Gasteiger partial charge in [-0.15, -0.1) is 0 Å². The molecule has 2 heteroatoms. The molecule has 0 spiro atoms. The van der Waals surface area contributed by atoms with Crippen LogP contribution in [0.5, 0.6) is 0 Å². The zero-order valence-corrected chi connectivity index (χ0v) is 10.6. The van der Waals surface area contributed by atoms with Gasteiger partial charge in [0.1, 0.15) is 6.10 Å². The molecule has 1 heterocycles. The second kappa shape index (κ2) is 4.91. The number of rotatable bonds is 0. The lowest BCUT2D eigenvalue weighted by molar-refractivity contribution is -0.139. The van der Waals surface area contributed by atoms with Crippen molar-refractivity contribution < 1.29 is 9.53 Å². The van der Waals surface area contributed by atoms with E-state index in [0.29, 0.717) is 11.5 Å². The Bertz CT molecular complexity index is 390. The number of hydrogen-bond donors (Lipinski definition) is 0. The highest BCUT2D eigenvalue weighted by molar-refractivity contribution is 5.90. The van der Waals surface area contributed by atoms with E-state index in [2.05, 4.69) is 38.7 Å². The maximum Gasteiger partial charge on any atom is 0.334 e. The Morgan fingerprint density at radius 3 is 2.94 bits per heavy atom. The summed E-state index contributed by atoms with van der Waals surface area (Å²) in [5.41, 5.74) is 1.92. The first-order valence-corrected chi connectivity index (χ1v) is 6.31. The van der Waals surface area contributed by atoms with Gasteiger partial charge in [-0.3, -0.25) is 0 Å². The van der Waals surface area contributed by atoms with Gasteiger partial charge < -0.3 is 4.74 Å². The van der Waals surface area contributed by atoms with Gasteiger partial charge >= 0.3 is 5.97 Å². The van der Waals surface area contributed by atoms with Crippen molar-refractivity contribution in [3.8, 4) is 0 Å². The maximum atomic E-state index is 11.6. The number of allylic oxidation sites excluding steroid dienone is 3. The second-order valence-corrected chi connectivity index (χ2v) is 5.23. The van der Waals surface area contributed by atoms with Crippen LogP contribution in [0.25, 0.3) is 0 Å². The average Bonchev–Trinajstić information content (AvgIpc) is 2.52. The van der Waals surface area contributed by atoms with Gasteiger partial charge in [0.15, 0.2) is 0 Å². The van der Waals surface area contributed by atoms with Crippen LogP contribution in [0.3, 0.4) is 0 Å². The highest BCUT2D eigenvalue weighted by Crippen LogP contribution is 2.35. The minimum Gasteiger partial charge on any atom is -0.458 e. The first kappa shape index (κ1) is 12.2. The predicted molar refractivity (Wildman–Crippen MR) is 68.4 cm³/mol. The average molecular weight is 232 g/mol. The van der Waals surface area contributed by atoms with Crippen LogP contribution >= 0.6 is 0 Å². The van der Waals surface area contributed by atoms with Crippen molar-refractivity contribution in [2.75, 3.05) is 0 Å². The Morgan fingerprint density at radius 1 is 1.41 bits per heavy atom. The molecule has 0 amide bonds. The molecule has 1 fully saturated rings. The summed E-state index contributed by atoms with van der Waals surface area (Å²) in [5.74, 6) is 0.550. The SMILES string of the molecule is C=C1C(=O)O[C@@H]2C/C(C)=C\C=C/[C@@H](C)CC[C@@H]12. The Hall–Kier alpha value is -1.31. The largest absolute Gasteiger partial charge is 0.458 e. The molecule has 0 N–H and O–H groups in total. The topological polar surface area (TPSA) is 26.3 Å². The molecule has 2 rings (SSSR count). The number of carbonyl (C=O) groups is 1. The summed E-state index contributed by atoms with van der Waals surface area (Å²) in [5, 5.41) is 0. The van der Waals surface area contributed by atoms with Crippen molar-refractivity contribution >= 4 is 5.97 Å². The van der Waals surface area contributed by atoms with Gasteiger partial charge in [-0.25, -0.2) is 4.79 Å². The zero-order chi connectivity index (χ0) is 12.4. The van der Waals surface area contributed by atoms with E-state index in [1.807, 2.05) is 0 Å². The molecule has 1 aliphatic heterocycles. The Balaban J connectivity index is 2.21. The molecule has 0 unspecified atom stereocenters. The monoisotopic (exact) mass is 232 g/mol. The predicted octanol–water partition coefficient (Wildman–Crippen LogP) is 3.41. The van der Waals surface area contributed by atoms with E-state index in [1.165, 1.54) is 5.57 Å². The quantitative estimate of drug-likeness (QED) is 0.472. The third-order valence-electron chi connectivity index (χ3n) is 3.69. The van der Waals surface area contributed by atoms with Gasteiger partial charge in [-0.2, -0.15) is 0 Å². The highest BCUT2D eigenvalue weighted by Gasteiger charge is 2.38. The van der Waals surface area contributed by atoms with Crippen molar-refractivity contribution in [3.05, 3.63) is 36.0 Å². The first-order chi connectivity index (χ1) is 8.08. The maximum absolute atomic E-state index is 11.6. The number of ether oxygens (including phenoxy) is 1. The van der Waals surface area contributed by atoms with Gasteiger partial charge in [0.05, 0.1) is 0 Å². The van der Waals surface area contributed by atoms with Gasteiger partial charge in [0, 0.05) is 17.9 Å². The number of hydrogen-bond acceptors (Lipinski definition) is 2. The number of carbonyl (C=O) groups excluding carboxylic acids is 1. The van der Waals surface area contributed by atoms with Crippen molar-refractivity contribution in [2.24, 2.45) is 11.8 Å². The normalized spacial score (nSPS) is 38.9. The molecule has 92 valence electrons. The fourth-order valence-corrected chi connectivity index (χ4v) is 2.55. The molecule has 2 nitrogen and oxygen atoms in total. The number of esters is 1. The summed E-state index contributed by atoms with van der Waals surface area (Å²) in [6, 6.07) is 0. The van der Waals surface area contributed by atoms with E-state index in [9.17, 15) is 4.79 Å². The van der Waals surface area contributed by atoms with Crippen LogP contribution in [0.2, 0.25) is 0 Å². The summed E-state index contributed by atoms with van der Waals surface area (Å²) >= 11 is 0. The van der Waals surface area contributed by atoms with E-state index < -0.39 is 0 Å². The Labute approximate surface area is 103 Å². The summed E-state index contributed by atoms with van der Waals surface area (Å²) in [4.78, 5) is 11.6. The molecule has 3 atom stereocenters. The van der Waals surface area contributed by atoms with Gasteiger partial charge in [0.25, 0.3) is 0 Å². The van der Waals surface area contributed by atoms with Crippen molar-refractivity contribution in [1.29, 1.82) is 0 Å². The standard InChI is InChI=1S/C15H20O2/c1-10-5-4-6-11(2)9-14-13(8-7-10)12(3)15(16)17-14/h4-6,10,13-14H,3,7-9H2,1-2H3/b5-4-,11-6-/t10-,13+,14-/m1/s1. The van der Waals surface area contributed by atoms with Gasteiger partial charge in [0.2, 0.25) is 0 Å². The molecular formula is C15H20O2. The fraction of sp³-hybridized carbons (Fsp3) is 0.533. The minimum absolute atomic E-state index is 0.00458. The summed E-state index contributed by atoms with van der Waals surface area (Å²) in [6.45, 7) is 8.17. The summed E-state index contributed by atoms with van der Waals surface area (Å²) in [6.07, 6.45) is 9.37.